The molecule has 0 saturated heterocycles. The number of ether oxygens (including phenoxy) is 1. The maximum absolute atomic E-state index is 12.0. The summed E-state index contributed by atoms with van der Waals surface area (Å²) in [6, 6.07) is 10.2. The molecule has 0 aromatic heterocycles. The summed E-state index contributed by atoms with van der Waals surface area (Å²) >= 11 is 0. The van der Waals surface area contributed by atoms with Crippen LogP contribution < -0.4 is 22.5 Å². The van der Waals surface area contributed by atoms with Crippen molar-refractivity contribution in [2.45, 2.75) is 32.4 Å². The Morgan fingerprint density at radius 1 is 0.868 bits per heavy atom. The Morgan fingerprint density at radius 2 is 1.32 bits per heavy atom. The first-order valence-electron chi connectivity index (χ1n) is 10.5. The molecule has 2 unspecified atom stereocenters. The van der Waals surface area contributed by atoms with Crippen molar-refractivity contribution in [2.24, 2.45) is 5.73 Å². The van der Waals surface area contributed by atoms with Crippen molar-refractivity contribution >= 4 is 49.4 Å². The van der Waals surface area contributed by atoms with E-state index in [1.165, 1.54) is 18.2 Å². The lowest BCUT2D eigenvalue weighted by atomic mass is 10.0. The highest BCUT2D eigenvalue weighted by molar-refractivity contribution is 6.03. The molecule has 9 N–H and O–H groups in total. The zero-order valence-electron chi connectivity index (χ0n) is 19.8. The highest BCUT2D eigenvalue weighted by Crippen LogP contribution is 2.15. The summed E-state index contributed by atoms with van der Waals surface area (Å²) in [5, 5.41) is 19.7. The second-order valence-electron chi connectivity index (χ2n) is 7.30. The molecule has 2 rings (SSSR count). The van der Waals surface area contributed by atoms with Crippen LogP contribution in [0.3, 0.4) is 0 Å². The Balaban J connectivity index is 0. The number of nitrogens with one attached hydrogen (secondary N) is 1. The molecule has 0 aliphatic heterocycles. The lowest BCUT2D eigenvalue weighted by Crippen LogP contribution is -2.42. The minimum absolute atomic E-state index is 0. The smallest absolute Gasteiger partial charge is 0.408 e. The van der Waals surface area contributed by atoms with Crippen LogP contribution in [0.15, 0.2) is 61.2 Å². The molecule has 2 aromatic rings. The minimum atomic E-state index is -1.39. The molecule has 2 atom stereocenters. The molecule has 3 radical (unpaired) electrons. The number of ketones is 2. The predicted octanol–water partition coefficient (Wildman–Crippen LogP) is 1.72. The van der Waals surface area contributed by atoms with Gasteiger partial charge < -0.3 is 37.5 Å². The number of hydrogen-bond acceptors (Lipinski definition) is 9. The van der Waals surface area contributed by atoms with Crippen LogP contribution in [0.4, 0.5) is 16.2 Å². The number of carbonyl (C=O) groups is 5. The number of Topliss-reactive ketones (excluding diaryl/α,β-unsaturated/α-hetero) is 2. The van der Waals surface area contributed by atoms with Crippen molar-refractivity contribution in [2.75, 3.05) is 18.1 Å². The number of alkyl carbamates (subject to hydrolysis) is 1. The Kier molecular flexibility index (Phi) is 16.6. The second kappa shape index (κ2) is 17.7. The fourth-order valence-electron chi connectivity index (χ4n) is 2.71. The largest absolute Gasteiger partial charge is 0.480 e. The van der Waals surface area contributed by atoms with Crippen LogP contribution in [-0.2, 0) is 14.3 Å². The quantitative estimate of drug-likeness (QED) is 0.107. The van der Waals surface area contributed by atoms with Gasteiger partial charge in [-0.25, -0.2) is 9.59 Å². The summed E-state index contributed by atoms with van der Waals surface area (Å²) in [7, 11) is 0. The number of carbonyl (C=O) groups excluding carboxylic acids is 3. The van der Waals surface area contributed by atoms with Crippen molar-refractivity contribution in [1.29, 1.82) is 0 Å². The molecule has 0 aliphatic carbocycles. The number of aliphatic carboxylic acids is 2. The van der Waals surface area contributed by atoms with Gasteiger partial charge in [0.05, 0.1) is 0 Å². The number of carboxylic acids is 2. The lowest BCUT2D eigenvalue weighted by molar-refractivity contribution is -0.139. The summed E-state index contributed by atoms with van der Waals surface area (Å²) in [4.78, 5) is 56.4. The predicted molar refractivity (Wildman–Crippen MR) is 144 cm³/mol. The lowest BCUT2D eigenvalue weighted by Gasteiger charge is -2.14. The van der Waals surface area contributed by atoms with Crippen molar-refractivity contribution in [3.63, 3.8) is 0 Å². The summed E-state index contributed by atoms with van der Waals surface area (Å²) in [6.07, 6.45) is -0.266. The van der Waals surface area contributed by atoms with Gasteiger partial charge in [0.25, 0.3) is 0 Å². The van der Waals surface area contributed by atoms with E-state index in [1.807, 2.05) is 0 Å². The van der Waals surface area contributed by atoms with Crippen LogP contribution in [0.5, 0.6) is 0 Å². The third-order valence-electron chi connectivity index (χ3n) is 4.56. The SMILES string of the molecule is C.C=CCOC(=O)NC(CC(=O)c1ccccc1N)C(=O)O.Nc1ccccc1C(=O)CC(N)C(=O)O.[B]. The van der Waals surface area contributed by atoms with Crippen LogP contribution in [0.1, 0.15) is 41.0 Å². The van der Waals surface area contributed by atoms with E-state index < -0.39 is 42.3 Å². The highest BCUT2D eigenvalue weighted by Gasteiger charge is 2.25. The Hall–Kier alpha value is -4.65. The fraction of sp³-hybridized carbons (Fsp3) is 0.240. The van der Waals surface area contributed by atoms with Gasteiger partial charge in [-0.1, -0.05) is 44.3 Å². The first-order valence-corrected chi connectivity index (χ1v) is 10.5. The van der Waals surface area contributed by atoms with Gasteiger partial charge in [0, 0.05) is 43.8 Å². The molecule has 13 heteroatoms. The van der Waals surface area contributed by atoms with Gasteiger partial charge in [-0.05, 0) is 24.3 Å². The molecular weight excluding hydrogens is 495 g/mol. The number of hydrogen-bond donors (Lipinski definition) is 6. The van der Waals surface area contributed by atoms with E-state index in [0.29, 0.717) is 11.3 Å². The first kappa shape index (κ1) is 35.5. The van der Waals surface area contributed by atoms with Crippen LogP contribution in [0.25, 0.3) is 0 Å². The summed E-state index contributed by atoms with van der Waals surface area (Å²) < 4.78 is 4.62. The molecule has 0 heterocycles. The molecule has 38 heavy (non-hydrogen) atoms. The van der Waals surface area contributed by atoms with Gasteiger partial charge in [0.1, 0.15) is 18.7 Å². The van der Waals surface area contributed by atoms with Crippen molar-refractivity contribution in [3.05, 3.63) is 72.3 Å². The summed E-state index contributed by atoms with van der Waals surface area (Å²) in [6.45, 7) is 3.30. The van der Waals surface area contributed by atoms with Crippen LogP contribution >= 0.6 is 0 Å². The van der Waals surface area contributed by atoms with Gasteiger partial charge in [-0.3, -0.25) is 14.4 Å². The number of para-hydroxylation sites is 2. The van der Waals surface area contributed by atoms with Gasteiger partial charge >= 0.3 is 18.0 Å². The van der Waals surface area contributed by atoms with Crippen molar-refractivity contribution in [1.82, 2.24) is 5.32 Å². The summed E-state index contributed by atoms with van der Waals surface area (Å²) in [5.74, 6) is -3.38. The average Bonchev–Trinajstić information content (AvgIpc) is 2.83. The maximum Gasteiger partial charge on any atom is 0.408 e. The number of rotatable bonds is 11. The molecular formula is C25H32BN4O8. The topological polar surface area (TPSA) is 225 Å². The maximum atomic E-state index is 12.0. The van der Waals surface area contributed by atoms with E-state index in [-0.39, 0.29) is 45.9 Å². The number of carboxylic acid groups (broad SMARTS) is 2. The number of nitrogens with two attached hydrogens (primary N) is 3. The molecule has 12 nitrogen and oxygen atoms in total. The van der Waals surface area contributed by atoms with E-state index in [9.17, 15) is 24.0 Å². The van der Waals surface area contributed by atoms with Crippen LogP contribution in [-0.4, -0.2) is 66.9 Å². The zero-order valence-corrected chi connectivity index (χ0v) is 19.8. The standard InChI is InChI=1S/C14H16N2O5.C10H12N2O3.CH4.B/c1-2-7-21-14(20)16-11(13(18)19)8-12(17)9-5-3-4-6-10(9)15;11-7-4-2-1-3-6(7)9(13)5-8(12)10(14)15;;/h2-6,11H,1,7-8,15H2,(H,16,20)(H,18,19);1-4,8H,5,11-12H2,(H,14,15);1H4;. The van der Waals surface area contributed by atoms with Gasteiger partial charge in [-0.15, -0.1) is 0 Å². The number of benzene rings is 2. The molecule has 2 aromatic carbocycles. The average molecular weight is 527 g/mol. The van der Waals surface area contributed by atoms with Crippen LogP contribution in [0.2, 0.25) is 0 Å². The Morgan fingerprint density at radius 3 is 1.71 bits per heavy atom. The molecule has 0 fully saturated rings. The molecule has 1 amide bonds. The van der Waals surface area contributed by atoms with Crippen LogP contribution in [0, 0.1) is 0 Å². The molecule has 0 saturated carbocycles. The third-order valence-corrected chi connectivity index (χ3v) is 4.56. The van der Waals surface area contributed by atoms with E-state index in [1.54, 1.807) is 36.4 Å². The number of anilines is 2. The van der Waals surface area contributed by atoms with E-state index >= 15 is 0 Å². The molecule has 0 aliphatic rings. The van der Waals surface area contributed by atoms with Gasteiger partial charge in [-0.2, -0.15) is 0 Å². The number of nitrogen functional groups attached to an aromatic ring is 2. The van der Waals surface area contributed by atoms with E-state index in [2.05, 4.69) is 16.6 Å². The Labute approximate surface area is 222 Å². The van der Waals surface area contributed by atoms with E-state index in [4.69, 9.17) is 27.4 Å². The molecule has 203 valence electrons. The van der Waals surface area contributed by atoms with Crippen molar-refractivity contribution in [3.8, 4) is 0 Å². The van der Waals surface area contributed by atoms with Crippen molar-refractivity contribution < 1.29 is 38.9 Å². The monoisotopic (exact) mass is 527 g/mol. The molecule has 0 bridgehead atoms. The van der Waals surface area contributed by atoms with E-state index in [0.717, 1.165) is 0 Å². The van der Waals surface area contributed by atoms with Gasteiger partial charge in [0.2, 0.25) is 0 Å². The molecule has 0 spiro atoms. The normalized spacial score (nSPS) is 11.0. The fourth-order valence-corrected chi connectivity index (χ4v) is 2.71. The summed E-state index contributed by atoms with van der Waals surface area (Å²) in [5.41, 5.74) is 17.6. The Bertz CT molecular complexity index is 1130. The zero-order chi connectivity index (χ0) is 27.3. The highest BCUT2D eigenvalue weighted by atomic mass is 16.5. The second-order valence-corrected chi connectivity index (χ2v) is 7.30. The van der Waals surface area contributed by atoms with Gasteiger partial charge in [0.15, 0.2) is 11.6 Å². The first-order chi connectivity index (χ1) is 17.0. The minimum Gasteiger partial charge on any atom is -0.480 e. The number of amides is 1. The third kappa shape index (κ3) is 11.9.